The molecule has 3 N–H and O–H groups in total. The van der Waals surface area contributed by atoms with Crippen molar-refractivity contribution in [3.05, 3.63) is 29.8 Å². The maximum absolute atomic E-state index is 12.4. The van der Waals surface area contributed by atoms with Crippen LogP contribution in [0.3, 0.4) is 0 Å². The molecule has 26 heavy (non-hydrogen) atoms. The van der Waals surface area contributed by atoms with Gasteiger partial charge in [-0.25, -0.2) is 0 Å². The number of nitrogens with two attached hydrogens (primary N) is 1. The van der Waals surface area contributed by atoms with Crippen molar-refractivity contribution < 1.29 is 4.79 Å². The highest BCUT2D eigenvalue weighted by Crippen LogP contribution is 2.31. The first-order valence-corrected chi connectivity index (χ1v) is 10.3. The van der Waals surface area contributed by atoms with Gasteiger partial charge in [-0.1, -0.05) is 18.6 Å². The van der Waals surface area contributed by atoms with Gasteiger partial charge in [-0.05, 0) is 49.4 Å². The van der Waals surface area contributed by atoms with Crippen LogP contribution in [0.4, 0.5) is 5.69 Å². The average molecular weight is 420 g/mol. The fourth-order valence-electron chi connectivity index (χ4n) is 3.77. The molecule has 1 aromatic rings. The second kappa shape index (κ2) is 12.1. The minimum absolute atomic E-state index is 0. The van der Waals surface area contributed by atoms with Crippen LogP contribution < -0.4 is 11.1 Å². The molecule has 1 aromatic carbocycles. The molecular formula is C19H31Cl2N3OS. The summed E-state index contributed by atoms with van der Waals surface area (Å²) in [5.41, 5.74) is 8.03. The Hall–Kier alpha value is -0.460. The van der Waals surface area contributed by atoms with Gasteiger partial charge in [0.05, 0.1) is 0 Å². The molecule has 0 aromatic heterocycles. The predicted octanol–water partition coefficient (Wildman–Crippen LogP) is 3.44. The van der Waals surface area contributed by atoms with Crippen LogP contribution in [0.1, 0.15) is 24.8 Å². The van der Waals surface area contributed by atoms with Crippen molar-refractivity contribution in [1.82, 2.24) is 4.90 Å². The van der Waals surface area contributed by atoms with E-state index in [2.05, 4.69) is 34.1 Å². The molecule has 0 radical (unpaired) electrons. The highest BCUT2D eigenvalue weighted by Gasteiger charge is 2.31. The summed E-state index contributed by atoms with van der Waals surface area (Å²) in [5.74, 6) is 3.10. The number of anilines is 1. The van der Waals surface area contributed by atoms with Gasteiger partial charge in [0, 0.05) is 42.7 Å². The van der Waals surface area contributed by atoms with Gasteiger partial charge in [0.2, 0.25) is 5.91 Å². The summed E-state index contributed by atoms with van der Waals surface area (Å²) in [7, 11) is 0. The lowest BCUT2D eigenvalue weighted by atomic mass is 9.95. The Morgan fingerprint density at radius 2 is 1.85 bits per heavy atom. The van der Waals surface area contributed by atoms with Crippen molar-refractivity contribution in [3.8, 4) is 0 Å². The first-order chi connectivity index (χ1) is 11.8. The van der Waals surface area contributed by atoms with E-state index in [0.717, 1.165) is 37.9 Å². The van der Waals surface area contributed by atoms with Gasteiger partial charge in [0.1, 0.15) is 0 Å². The van der Waals surface area contributed by atoms with Crippen LogP contribution in [0, 0.1) is 11.8 Å². The van der Waals surface area contributed by atoms with Crippen LogP contribution in [0.2, 0.25) is 0 Å². The molecule has 1 aliphatic heterocycles. The Labute approximate surface area is 173 Å². The van der Waals surface area contributed by atoms with Crippen molar-refractivity contribution in [2.45, 2.75) is 25.7 Å². The number of hydrogen-bond acceptors (Lipinski definition) is 4. The number of nitrogens with one attached hydrogen (secondary N) is 1. The molecular weight excluding hydrogens is 389 g/mol. The minimum Gasteiger partial charge on any atom is -0.330 e. The van der Waals surface area contributed by atoms with Crippen molar-refractivity contribution in [3.63, 3.8) is 0 Å². The molecule has 1 saturated heterocycles. The van der Waals surface area contributed by atoms with Gasteiger partial charge < -0.3 is 16.0 Å². The third-order valence-electron chi connectivity index (χ3n) is 5.34. The van der Waals surface area contributed by atoms with Crippen molar-refractivity contribution in [1.29, 1.82) is 0 Å². The minimum atomic E-state index is 0. The number of carbonyl (C=O) groups excluding carboxylic acids is 1. The molecule has 1 aliphatic carbocycles. The number of amides is 1. The van der Waals surface area contributed by atoms with Crippen LogP contribution in [0.25, 0.3) is 0 Å². The number of thioether (sulfide) groups is 1. The Kier molecular flexibility index (Phi) is 11.0. The Bertz CT molecular complexity index is 538. The fraction of sp³-hybridized carbons (Fsp3) is 0.632. The molecule has 1 amide bonds. The summed E-state index contributed by atoms with van der Waals surface area (Å²) in [5, 5.41) is 3.07. The summed E-state index contributed by atoms with van der Waals surface area (Å²) in [6, 6.07) is 8.35. The lowest BCUT2D eigenvalue weighted by Crippen LogP contribution is -2.34. The first kappa shape index (κ1) is 23.6. The second-order valence-corrected chi connectivity index (χ2v) is 8.15. The highest BCUT2D eigenvalue weighted by molar-refractivity contribution is 7.99. The number of hydrogen-bond donors (Lipinski definition) is 2. The first-order valence-electron chi connectivity index (χ1n) is 9.16. The van der Waals surface area contributed by atoms with Crippen LogP contribution in [-0.4, -0.2) is 48.5 Å². The van der Waals surface area contributed by atoms with Gasteiger partial charge >= 0.3 is 0 Å². The predicted molar refractivity (Wildman–Crippen MR) is 117 cm³/mol. The zero-order valence-corrected chi connectivity index (χ0v) is 17.6. The van der Waals surface area contributed by atoms with Gasteiger partial charge in [0.15, 0.2) is 0 Å². The Morgan fingerprint density at radius 1 is 1.15 bits per heavy atom. The van der Waals surface area contributed by atoms with E-state index in [1.807, 2.05) is 12.1 Å². The van der Waals surface area contributed by atoms with Crippen molar-refractivity contribution >= 4 is 48.2 Å². The second-order valence-electron chi connectivity index (χ2n) is 6.92. The maximum atomic E-state index is 12.4. The molecule has 0 unspecified atom stereocenters. The summed E-state index contributed by atoms with van der Waals surface area (Å²) in [4.78, 5) is 15.0. The molecule has 1 heterocycles. The lowest BCUT2D eigenvalue weighted by Gasteiger charge is -2.26. The topological polar surface area (TPSA) is 58.4 Å². The number of rotatable bonds is 6. The maximum Gasteiger partial charge on any atom is 0.227 e. The zero-order valence-electron chi connectivity index (χ0n) is 15.2. The summed E-state index contributed by atoms with van der Waals surface area (Å²) in [6.45, 7) is 4.17. The number of halogens is 2. The average Bonchev–Trinajstić information content (AvgIpc) is 3.11. The largest absolute Gasteiger partial charge is 0.330 e. The third-order valence-corrected chi connectivity index (χ3v) is 6.28. The monoisotopic (exact) mass is 419 g/mol. The molecule has 2 aliphatic rings. The number of carbonyl (C=O) groups is 1. The molecule has 0 bridgehead atoms. The highest BCUT2D eigenvalue weighted by atomic mass is 35.5. The third kappa shape index (κ3) is 6.61. The van der Waals surface area contributed by atoms with Crippen LogP contribution in [0.15, 0.2) is 24.3 Å². The van der Waals surface area contributed by atoms with E-state index in [9.17, 15) is 4.79 Å². The van der Waals surface area contributed by atoms with E-state index in [4.69, 9.17) is 5.73 Å². The van der Waals surface area contributed by atoms with Crippen LogP contribution in [-0.2, 0) is 11.2 Å². The molecule has 3 rings (SSSR count). The molecule has 0 spiro atoms. The Morgan fingerprint density at radius 3 is 2.50 bits per heavy atom. The standard InChI is InChI=1S/C19H29N3OS.2ClH/c20-14-16-2-1-3-18(16)19(23)21-17-6-4-15(5-7-17)8-9-22-10-12-24-13-11-22;;/h4-7,16,18H,1-3,8-14,20H2,(H,21,23);2*1H/t16-,18-;;/m1../s1. The smallest absolute Gasteiger partial charge is 0.227 e. The molecule has 4 nitrogen and oxygen atoms in total. The molecule has 2 fully saturated rings. The molecule has 148 valence electrons. The summed E-state index contributed by atoms with van der Waals surface area (Å²) >= 11 is 2.05. The lowest BCUT2D eigenvalue weighted by molar-refractivity contribution is -0.120. The summed E-state index contributed by atoms with van der Waals surface area (Å²) in [6.07, 6.45) is 4.26. The van der Waals surface area contributed by atoms with E-state index < -0.39 is 0 Å². The van der Waals surface area contributed by atoms with E-state index in [-0.39, 0.29) is 36.6 Å². The van der Waals surface area contributed by atoms with E-state index in [1.54, 1.807) is 0 Å². The zero-order chi connectivity index (χ0) is 16.8. The molecule has 7 heteroatoms. The van der Waals surface area contributed by atoms with Gasteiger partial charge in [-0.3, -0.25) is 4.79 Å². The van der Waals surface area contributed by atoms with Crippen LogP contribution in [0.5, 0.6) is 0 Å². The van der Waals surface area contributed by atoms with Crippen molar-refractivity contribution in [2.75, 3.05) is 43.0 Å². The van der Waals surface area contributed by atoms with E-state index in [0.29, 0.717) is 12.5 Å². The Balaban J connectivity index is 0.00000169. The van der Waals surface area contributed by atoms with Crippen LogP contribution >= 0.6 is 36.6 Å². The number of benzene rings is 1. The summed E-state index contributed by atoms with van der Waals surface area (Å²) < 4.78 is 0. The van der Waals surface area contributed by atoms with Gasteiger partial charge in [0.25, 0.3) is 0 Å². The van der Waals surface area contributed by atoms with Crippen molar-refractivity contribution in [2.24, 2.45) is 17.6 Å². The van der Waals surface area contributed by atoms with Gasteiger partial charge in [-0.2, -0.15) is 11.8 Å². The molecule has 1 saturated carbocycles. The molecule has 2 atom stereocenters. The SMILES string of the molecule is Cl.Cl.NC[C@H]1CCC[C@H]1C(=O)Nc1ccc(CCN2CCSCC2)cc1. The van der Waals surface area contributed by atoms with Gasteiger partial charge in [-0.15, -0.1) is 24.8 Å². The fourth-order valence-corrected chi connectivity index (χ4v) is 4.74. The quantitative estimate of drug-likeness (QED) is 0.740. The van der Waals surface area contributed by atoms with E-state index in [1.165, 1.54) is 30.2 Å². The normalized spacial score (nSPS) is 23.0. The van der Waals surface area contributed by atoms with E-state index >= 15 is 0 Å². The number of nitrogens with zero attached hydrogens (tertiary/aromatic N) is 1.